The number of nitrogens with zero attached hydrogens (tertiary/aromatic N) is 3. The lowest BCUT2D eigenvalue weighted by Crippen LogP contribution is -2.31. The number of nitrogens with one attached hydrogen (secondary N) is 1. The van der Waals surface area contributed by atoms with Gasteiger partial charge in [0.15, 0.2) is 6.10 Å². The van der Waals surface area contributed by atoms with Crippen molar-refractivity contribution < 1.29 is 14.0 Å². The van der Waals surface area contributed by atoms with Gasteiger partial charge in [-0.1, -0.05) is 42.3 Å². The molecule has 0 aliphatic heterocycles. The van der Waals surface area contributed by atoms with Crippen LogP contribution in [0.4, 0.5) is 4.39 Å². The van der Waals surface area contributed by atoms with E-state index in [1.165, 1.54) is 12.1 Å². The van der Waals surface area contributed by atoms with Gasteiger partial charge in [-0.25, -0.2) is 4.39 Å². The number of fused-ring (bicyclic) bond motifs is 1. The van der Waals surface area contributed by atoms with E-state index in [4.69, 9.17) is 28.0 Å². The van der Waals surface area contributed by atoms with E-state index in [-0.39, 0.29) is 10.9 Å². The second-order valence-electron chi connectivity index (χ2n) is 8.67. The molecule has 2 heterocycles. The number of benzene rings is 2. The Labute approximate surface area is 219 Å². The van der Waals surface area contributed by atoms with Crippen LogP contribution in [-0.2, 0) is 0 Å². The van der Waals surface area contributed by atoms with E-state index in [1.807, 2.05) is 56.3 Å². The fourth-order valence-electron chi connectivity index (χ4n) is 3.88. The van der Waals surface area contributed by atoms with Crippen molar-refractivity contribution in [3.8, 4) is 11.1 Å². The van der Waals surface area contributed by atoms with Crippen molar-refractivity contribution in [3.63, 3.8) is 0 Å². The minimum Gasteiger partial charge on any atom is -0.406 e. The van der Waals surface area contributed by atoms with Crippen LogP contribution < -0.4 is 10.2 Å². The Morgan fingerprint density at radius 1 is 1.17 bits per heavy atom. The maximum Gasteiger partial charge on any atom is 0.251 e. The van der Waals surface area contributed by atoms with Crippen molar-refractivity contribution in [1.82, 2.24) is 19.9 Å². The number of rotatable bonds is 9. The average molecular weight is 529 g/mol. The average Bonchev–Trinajstić information content (AvgIpc) is 3.27. The van der Waals surface area contributed by atoms with Crippen molar-refractivity contribution in [1.29, 1.82) is 0 Å². The molecule has 0 radical (unpaired) electrons. The molecule has 0 aliphatic carbocycles. The Balaban J connectivity index is 1.62. The van der Waals surface area contributed by atoms with Crippen molar-refractivity contribution in [2.24, 2.45) is 0 Å². The van der Waals surface area contributed by atoms with Crippen LogP contribution in [0.2, 0.25) is 10.0 Å². The maximum absolute atomic E-state index is 14.1. The lowest BCUT2D eigenvalue weighted by atomic mass is 10.0. The van der Waals surface area contributed by atoms with E-state index in [1.54, 1.807) is 23.2 Å². The summed E-state index contributed by atoms with van der Waals surface area (Å²) in [5.74, 6) is -0.681. The molecule has 0 bridgehead atoms. The van der Waals surface area contributed by atoms with Gasteiger partial charge in [0.1, 0.15) is 11.3 Å². The second kappa shape index (κ2) is 11.3. The molecule has 36 heavy (non-hydrogen) atoms. The van der Waals surface area contributed by atoms with E-state index in [0.717, 1.165) is 28.7 Å². The van der Waals surface area contributed by atoms with Gasteiger partial charge in [0, 0.05) is 47.2 Å². The van der Waals surface area contributed by atoms with Gasteiger partial charge in [-0.05, 0) is 62.5 Å². The first-order valence-corrected chi connectivity index (χ1v) is 12.3. The molecule has 0 saturated heterocycles. The molecule has 0 aliphatic rings. The lowest BCUT2D eigenvalue weighted by Gasteiger charge is -2.21. The molecule has 1 N–H and O–H groups in total. The summed E-state index contributed by atoms with van der Waals surface area (Å²) >= 11 is 12.6. The number of carbonyl (C=O) groups excluding carboxylic acids is 1. The third kappa shape index (κ3) is 5.64. The molecule has 9 heteroatoms. The molecule has 2 aromatic heterocycles. The zero-order valence-corrected chi connectivity index (χ0v) is 21.8. The normalized spacial score (nSPS) is 12.2. The summed E-state index contributed by atoms with van der Waals surface area (Å²) in [4.78, 5) is 25.4. The smallest absolute Gasteiger partial charge is 0.251 e. The zero-order valence-electron chi connectivity index (χ0n) is 20.3. The van der Waals surface area contributed by atoms with E-state index in [9.17, 15) is 9.18 Å². The highest BCUT2D eigenvalue weighted by atomic mass is 35.5. The van der Waals surface area contributed by atoms with Gasteiger partial charge in [0.25, 0.3) is 5.91 Å². The molecule has 0 saturated carbocycles. The topological polar surface area (TPSA) is 59.4 Å². The van der Waals surface area contributed by atoms with Gasteiger partial charge >= 0.3 is 0 Å². The van der Waals surface area contributed by atoms with E-state index >= 15 is 0 Å². The minimum atomic E-state index is -0.575. The van der Waals surface area contributed by atoms with Crippen LogP contribution in [0.1, 0.15) is 35.4 Å². The highest BCUT2D eigenvalue weighted by Crippen LogP contribution is 2.35. The van der Waals surface area contributed by atoms with Crippen LogP contribution in [-0.4, -0.2) is 47.7 Å². The molecule has 4 aromatic rings. The molecule has 1 atom stereocenters. The number of carbonyl (C=O) groups is 1. The van der Waals surface area contributed by atoms with Gasteiger partial charge in [0.2, 0.25) is 0 Å². The predicted octanol–water partition coefficient (Wildman–Crippen LogP) is 6.02. The first-order chi connectivity index (χ1) is 17.3. The Morgan fingerprint density at radius 2 is 1.97 bits per heavy atom. The fourth-order valence-corrected chi connectivity index (χ4v) is 4.49. The summed E-state index contributed by atoms with van der Waals surface area (Å²) in [5, 5.41) is 3.22. The summed E-state index contributed by atoms with van der Waals surface area (Å²) in [7, 11) is 3.92. The van der Waals surface area contributed by atoms with Gasteiger partial charge < -0.3 is 15.1 Å². The van der Waals surface area contributed by atoms with Gasteiger partial charge in [-0.2, -0.15) is 4.73 Å². The second-order valence-corrected chi connectivity index (χ2v) is 9.45. The molecule has 0 fully saturated rings. The van der Waals surface area contributed by atoms with Crippen LogP contribution >= 0.6 is 23.2 Å². The Kier molecular flexibility index (Phi) is 8.14. The Bertz CT molecular complexity index is 1390. The summed E-state index contributed by atoms with van der Waals surface area (Å²) in [5.41, 5.74) is 4.08. The molecule has 4 rings (SSSR count). The number of halogens is 3. The van der Waals surface area contributed by atoms with Crippen LogP contribution in [0, 0.1) is 5.82 Å². The molecular weight excluding hydrogens is 502 g/mol. The Hall–Kier alpha value is -3.13. The highest BCUT2D eigenvalue weighted by Gasteiger charge is 2.22. The third-order valence-corrected chi connectivity index (χ3v) is 6.53. The fraction of sp³-hybridized carbons (Fsp3) is 0.259. The van der Waals surface area contributed by atoms with Gasteiger partial charge in [-0.3, -0.25) is 9.78 Å². The van der Waals surface area contributed by atoms with Crippen molar-refractivity contribution in [3.05, 3.63) is 87.9 Å². The third-order valence-electron chi connectivity index (χ3n) is 5.82. The zero-order chi connectivity index (χ0) is 25.8. The van der Waals surface area contributed by atoms with Crippen LogP contribution in [0.5, 0.6) is 0 Å². The van der Waals surface area contributed by atoms with E-state index in [2.05, 4.69) is 10.3 Å². The van der Waals surface area contributed by atoms with Crippen molar-refractivity contribution >= 4 is 40.1 Å². The number of amides is 1. The predicted molar refractivity (Wildman–Crippen MR) is 142 cm³/mol. The SMILES string of the molecule is CCC(On1ccc2ncc(-c3cccc(C(=O)NCCN(C)C)c3)cc21)c1c(Cl)ccc(F)c1Cl. The molecule has 2 aromatic carbocycles. The van der Waals surface area contributed by atoms with Gasteiger partial charge in [-0.15, -0.1) is 0 Å². The first-order valence-electron chi connectivity index (χ1n) is 11.6. The molecular formula is C27H27Cl2FN4O2. The van der Waals surface area contributed by atoms with E-state index in [0.29, 0.717) is 29.1 Å². The lowest BCUT2D eigenvalue weighted by molar-refractivity contribution is 0.0415. The molecule has 6 nitrogen and oxygen atoms in total. The summed E-state index contributed by atoms with van der Waals surface area (Å²) in [6.45, 7) is 3.23. The molecule has 1 amide bonds. The number of aromatic nitrogens is 2. The summed E-state index contributed by atoms with van der Waals surface area (Å²) in [6, 6.07) is 13.9. The monoisotopic (exact) mass is 528 g/mol. The summed E-state index contributed by atoms with van der Waals surface area (Å²) in [6.07, 6.45) is 3.45. The van der Waals surface area contributed by atoms with Crippen molar-refractivity contribution in [2.75, 3.05) is 27.2 Å². The van der Waals surface area contributed by atoms with Crippen LogP contribution in [0.15, 0.2) is 60.9 Å². The van der Waals surface area contributed by atoms with Crippen molar-refractivity contribution in [2.45, 2.75) is 19.4 Å². The number of likely N-dealkylation sites (N-methyl/N-ethyl adjacent to an activating group) is 1. The number of hydrogen-bond donors (Lipinski definition) is 1. The first kappa shape index (κ1) is 25.9. The Morgan fingerprint density at radius 3 is 2.72 bits per heavy atom. The largest absolute Gasteiger partial charge is 0.406 e. The number of hydrogen-bond acceptors (Lipinski definition) is 4. The van der Waals surface area contributed by atoms with Crippen LogP contribution in [0.3, 0.4) is 0 Å². The maximum atomic E-state index is 14.1. The molecule has 188 valence electrons. The summed E-state index contributed by atoms with van der Waals surface area (Å²) < 4.78 is 15.7. The highest BCUT2D eigenvalue weighted by molar-refractivity contribution is 6.36. The van der Waals surface area contributed by atoms with Gasteiger partial charge in [0.05, 0.1) is 10.5 Å². The quantitative estimate of drug-likeness (QED) is 0.270. The van der Waals surface area contributed by atoms with Crippen LogP contribution in [0.25, 0.3) is 22.2 Å². The van der Waals surface area contributed by atoms with E-state index < -0.39 is 11.9 Å². The molecule has 1 unspecified atom stereocenters. The standard InChI is InChI=1S/C27H27Cl2FN4O2/c1-4-24(25-20(28)8-9-21(30)26(25)29)36-34-12-10-22-23(34)15-19(16-32-22)17-6-5-7-18(14-17)27(35)31-11-13-33(2)3/h5-10,12,14-16,24H,4,11,13H2,1-3H3,(H,31,35). The minimum absolute atomic E-state index is 0.0506. The number of pyridine rings is 1. The molecule has 0 spiro atoms.